The normalized spacial score (nSPS) is 15.8. The van der Waals surface area contributed by atoms with Crippen molar-refractivity contribution >= 4 is 38.7 Å². The summed E-state index contributed by atoms with van der Waals surface area (Å²) in [4.78, 5) is 14.4. The molecular formula is C18H18N4O4S2. The molecule has 0 spiro atoms. The average Bonchev–Trinajstić information content (AvgIpc) is 3.18. The van der Waals surface area contributed by atoms with Crippen LogP contribution in [-0.2, 0) is 10.0 Å². The first kappa shape index (κ1) is 18.8. The lowest BCUT2D eigenvalue weighted by atomic mass is 10.1. The molecule has 10 heteroatoms. The Morgan fingerprint density at radius 3 is 2.61 bits per heavy atom. The number of phenols is 1. The van der Waals surface area contributed by atoms with Crippen molar-refractivity contribution in [3.63, 3.8) is 0 Å². The van der Waals surface area contributed by atoms with E-state index in [-0.39, 0.29) is 48.3 Å². The number of hydrogen-bond acceptors (Lipinski definition) is 7. The third kappa shape index (κ3) is 3.23. The van der Waals surface area contributed by atoms with Gasteiger partial charge in [-0.25, -0.2) is 8.42 Å². The number of aromatic hydroxyl groups is 1. The van der Waals surface area contributed by atoms with Crippen LogP contribution in [0.1, 0.15) is 15.9 Å². The van der Waals surface area contributed by atoms with E-state index in [1.54, 1.807) is 29.2 Å². The molecular weight excluding hydrogens is 400 g/mol. The Morgan fingerprint density at radius 2 is 1.86 bits per heavy atom. The minimum atomic E-state index is -3.74. The van der Waals surface area contributed by atoms with Gasteiger partial charge >= 0.3 is 0 Å². The van der Waals surface area contributed by atoms with Crippen molar-refractivity contribution in [3.8, 4) is 5.75 Å². The van der Waals surface area contributed by atoms with Gasteiger partial charge in [0.05, 0.1) is 17.3 Å². The first-order chi connectivity index (χ1) is 13.4. The summed E-state index contributed by atoms with van der Waals surface area (Å²) in [7, 11) is -3.74. The maximum Gasteiger partial charge on any atom is 0.257 e. The molecule has 0 atom stereocenters. The van der Waals surface area contributed by atoms with Gasteiger partial charge in [-0.1, -0.05) is 17.7 Å². The van der Waals surface area contributed by atoms with Gasteiger partial charge in [-0.3, -0.25) is 4.79 Å². The van der Waals surface area contributed by atoms with Crippen LogP contribution in [0.15, 0.2) is 41.3 Å². The SMILES string of the molecule is Cc1ccc(O)c(C(=O)N2CCN(S(=O)(=O)c3cccc4nsnc34)CC2)c1. The predicted molar refractivity (Wildman–Crippen MR) is 105 cm³/mol. The van der Waals surface area contributed by atoms with Gasteiger partial charge in [0, 0.05) is 26.2 Å². The number of carbonyl (C=O) groups excluding carboxylic acids is 1. The number of hydrogen-bond donors (Lipinski definition) is 1. The quantitative estimate of drug-likeness (QED) is 0.696. The molecule has 0 bridgehead atoms. The number of benzene rings is 2. The zero-order valence-electron chi connectivity index (χ0n) is 15.1. The van der Waals surface area contributed by atoms with Gasteiger partial charge in [0.25, 0.3) is 5.91 Å². The van der Waals surface area contributed by atoms with Gasteiger partial charge < -0.3 is 10.0 Å². The summed E-state index contributed by atoms with van der Waals surface area (Å²) in [5.41, 5.74) is 2.02. The van der Waals surface area contributed by atoms with Crippen LogP contribution in [-0.4, -0.2) is 63.6 Å². The number of phenolic OH excluding ortho intramolecular Hbond substituents is 1. The number of nitrogens with zero attached hydrogens (tertiary/aromatic N) is 4. The molecule has 4 rings (SSSR count). The molecule has 0 radical (unpaired) electrons. The number of aromatic nitrogens is 2. The summed E-state index contributed by atoms with van der Waals surface area (Å²) < 4.78 is 35.7. The zero-order chi connectivity index (χ0) is 19.9. The van der Waals surface area contributed by atoms with Crippen molar-refractivity contribution in [1.82, 2.24) is 18.0 Å². The van der Waals surface area contributed by atoms with E-state index in [0.717, 1.165) is 17.3 Å². The Kier molecular flexibility index (Phi) is 4.77. The van der Waals surface area contributed by atoms with E-state index < -0.39 is 10.0 Å². The lowest BCUT2D eigenvalue weighted by molar-refractivity contribution is 0.0695. The molecule has 1 N–H and O–H groups in total. The standard InChI is InChI=1S/C18H18N4O4S2/c1-12-5-6-15(23)13(11-12)18(24)21-7-9-22(10-8-21)28(25,26)16-4-2-3-14-17(16)20-27-19-14/h2-6,11,23H,7-10H2,1H3. The van der Waals surface area contributed by atoms with Crippen LogP contribution in [0.3, 0.4) is 0 Å². The first-order valence-electron chi connectivity index (χ1n) is 8.68. The smallest absolute Gasteiger partial charge is 0.257 e. The van der Waals surface area contributed by atoms with Gasteiger partial charge in [-0.2, -0.15) is 13.1 Å². The van der Waals surface area contributed by atoms with E-state index in [0.29, 0.717) is 11.0 Å². The molecule has 1 amide bonds. The zero-order valence-corrected chi connectivity index (χ0v) is 16.7. The van der Waals surface area contributed by atoms with Crippen molar-refractivity contribution in [1.29, 1.82) is 0 Å². The van der Waals surface area contributed by atoms with Crippen LogP contribution in [0.4, 0.5) is 0 Å². The molecule has 0 aliphatic carbocycles. The molecule has 0 saturated carbocycles. The van der Waals surface area contributed by atoms with Crippen LogP contribution >= 0.6 is 11.7 Å². The molecule has 1 saturated heterocycles. The van der Waals surface area contributed by atoms with Crippen LogP contribution in [0.2, 0.25) is 0 Å². The van der Waals surface area contributed by atoms with Crippen molar-refractivity contribution in [3.05, 3.63) is 47.5 Å². The second kappa shape index (κ2) is 7.12. The predicted octanol–water partition coefficient (Wildman–Crippen LogP) is 1.85. The fraction of sp³-hybridized carbons (Fsp3) is 0.278. The summed E-state index contributed by atoms with van der Waals surface area (Å²) in [6.07, 6.45) is 0. The lowest BCUT2D eigenvalue weighted by Crippen LogP contribution is -2.50. The molecule has 146 valence electrons. The van der Waals surface area contributed by atoms with E-state index in [2.05, 4.69) is 8.75 Å². The van der Waals surface area contributed by atoms with Gasteiger partial charge in [-0.15, -0.1) is 0 Å². The number of sulfonamides is 1. The second-order valence-corrected chi connectivity index (χ2v) is 9.04. The molecule has 1 aliphatic rings. The summed E-state index contributed by atoms with van der Waals surface area (Å²) >= 11 is 0.975. The Labute approximate surface area is 166 Å². The monoisotopic (exact) mass is 418 g/mol. The number of aryl methyl sites for hydroxylation is 1. The van der Waals surface area contributed by atoms with E-state index in [9.17, 15) is 18.3 Å². The topological polar surface area (TPSA) is 104 Å². The lowest BCUT2D eigenvalue weighted by Gasteiger charge is -2.34. The number of piperazine rings is 1. The van der Waals surface area contributed by atoms with E-state index in [1.807, 2.05) is 6.92 Å². The Hall–Kier alpha value is -2.56. The van der Waals surface area contributed by atoms with E-state index in [1.165, 1.54) is 16.4 Å². The average molecular weight is 419 g/mol. The molecule has 0 unspecified atom stereocenters. The fourth-order valence-corrected chi connectivity index (χ4v) is 5.43. The van der Waals surface area contributed by atoms with E-state index >= 15 is 0 Å². The molecule has 1 aromatic heterocycles. The van der Waals surface area contributed by atoms with Gasteiger partial charge in [0.15, 0.2) is 0 Å². The van der Waals surface area contributed by atoms with Gasteiger partial charge in [0.1, 0.15) is 21.7 Å². The van der Waals surface area contributed by atoms with Crippen LogP contribution < -0.4 is 0 Å². The maximum absolute atomic E-state index is 13.1. The molecule has 8 nitrogen and oxygen atoms in total. The number of amides is 1. The highest BCUT2D eigenvalue weighted by atomic mass is 32.2. The third-order valence-electron chi connectivity index (χ3n) is 4.78. The van der Waals surface area contributed by atoms with Crippen molar-refractivity contribution in [2.24, 2.45) is 0 Å². The molecule has 2 heterocycles. The van der Waals surface area contributed by atoms with E-state index in [4.69, 9.17) is 0 Å². The molecule has 1 aliphatic heterocycles. The molecule has 1 fully saturated rings. The highest BCUT2D eigenvalue weighted by Gasteiger charge is 2.32. The van der Waals surface area contributed by atoms with Crippen LogP contribution in [0.25, 0.3) is 11.0 Å². The largest absolute Gasteiger partial charge is 0.507 e. The summed E-state index contributed by atoms with van der Waals surface area (Å²) in [6, 6.07) is 9.76. The summed E-state index contributed by atoms with van der Waals surface area (Å²) in [5.74, 6) is -0.377. The van der Waals surface area contributed by atoms with Crippen LogP contribution in [0.5, 0.6) is 5.75 Å². The fourth-order valence-electron chi connectivity index (χ4n) is 3.25. The van der Waals surface area contributed by atoms with Crippen molar-refractivity contribution in [2.75, 3.05) is 26.2 Å². The number of fused-ring (bicyclic) bond motifs is 1. The third-order valence-corrected chi connectivity index (χ3v) is 7.25. The summed E-state index contributed by atoms with van der Waals surface area (Å²) in [6.45, 7) is 2.69. The maximum atomic E-state index is 13.1. The van der Waals surface area contributed by atoms with Crippen molar-refractivity contribution in [2.45, 2.75) is 11.8 Å². The van der Waals surface area contributed by atoms with Crippen LogP contribution in [0, 0.1) is 6.92 Å². The minimum Gasteiger partial charge on any atom is -0.507 e. The number of carbonyl (C=O) groups is 1. The highest BCUT2D eigenvalue weighted by Crippen LogP contribution is 2.26. The molecule has 2 aromatic carbocycles. The molecule has 28 heavy (non-hydrogen) atoms. The van der Waals surface area contributed by atoms with Gasteiger partial charge in [0.2, 0.25) is 10.0 Å². The minimum absolute atomic E-state index is 0.0756. The highest BCUT2D eigenvalue weighted by molar-refractivity contribution is 7.89. The van der Waals surface area contributed by atoms with Crippen molar-refractivity contribution < 1.29 is 18.3 Å². The summed E-state index contributed by atoms with van der Waals surface area (Å²) in [5, 5.41) is 9.98. The molecule has 3 aromatic rings. The Bertz CT molecular complexity index is 1150. The second-order valence-electron chi connectivity index (χ2n) is 6.60. The Morgan fingerprint density at radius 1 is 1.11 bits per heavy atom. The van der Waals surface area contributed by atoms with Gasteiger partial charge in [-0.05, 0) is 31.2 Å². The Balaban J connectivity index is 1.53. The number of rotatable bonds is 3. The first-order valence-corrected chi connectivity index (χ1v) is 10.9.